The summed E-state index contributed by atoms with van der Waals surface area (Å²) in [5.41, 5.74) is 3.18. The number of fused-ring (bicyclic) bond motifs is 1. The van der Waals surface area contributed by atoms with Crippen LogP contribution in [0, 0.1) is 13.8 Å². The molecule has 2 aromatic heterocycles. The number of nitrogens with zero attached hydrogens (tertiary/aromatic N) is 4. The van der Waals surface area contributed by atoms with Crippen molar-refractivity contribution in [3.63, 3.8) is 0 Å². The van der Waals surface area contributed by atoms with E-state index in [1.165, 1.54) is 11.3 Å². The largest absolute Gasteiger partial charge is 0.322 e. The number of amides is 1. The number of carbonyl (C=O) groups is 1. The molecule has 1 N–H and O–H groups in total. The number of hydrogen-bond donors (Lipinski definition) is 1. The fraction of sp³-hybridized carbons (Fsp3) is 0.111. The number of halogens is 1. The zero-order valence-electron chi connectivity index (χ0n) is 14.0. The lowest BCUT2D eigenvalue weighted by atomic mass is 10.1. The number of anilines is 1. The minimum Gasteiger partial charge on any atom is -0.322 e. The number of rotatable bonds is 3. The van der Waals surface area contributed by atoms with Crippen LogP contribution in [-0.2, 0) is 0 Å². The Morgan fingerprint density at radius 1 is 1.15 bits per heavy atom. The first kappa shape index (κ1) is 16.7. The molecule has 0 bridgehead atoms. The van der Waals surface area contributed by atoms with E-state index in [1.807, 2.05) is 32.0 Å². The molecule has 130 valence electrons. The topological polar surface area (TPSA) is 72.2 Å². The SMILES string of the molecule is Cc1cc(-c2nn3c(C)nnc3s2)ccc1NC(=O)c1cccc(Cl)c1. The van der Waals surface area contributed by atoms with Gasteiger partial charge in [0, 0.05) is 21.8 Å². The molecule has 0 atom stereocenters. The lowest BCUT2D eigenvalue weighted by Gasteiger charge is -2.09. The Hall–Kier alpha value is -2.77. The molecule has 0 fully saturated rings. The highest BCUT2D eigenvalue weighted by Crippen LogP contribution is 2.29. The van der Waals surface area contributed by atoms with E-state index in [0.717, 1.165) is 32.6 Å². The lowest BCUT2D eigenvalue weighted by molar-refractivity contribution is 0.102. The van der Waals surface area contributed by atoms with Crippen molar-refractivity contribution in [2.75, 3.05) is 5.32 Å². The maximum absolute atomic E-state index is 12.4. The first-order valence-corrected chi connectivity index (χ1v) is 9.07. The van der Waals surface area contributed by atoms with Crippen molar-refractivity contribution in [2.45, 2.75) is 13.8 Å². The van der Waals surface area contributed by atoms with Crippen molar-refractivity contribution in [1.82, 2.24) is 19.8 Å². The summed E-state index contributed by atoms with van der Waals surface area (Å²) in [5.74, 6) is 0.558. The van der Waals surface area contributed by atoms with E-state index in [0.29, 0.717) is 10.6 Å². The van der Waals surface area contributed by atoms with Gasteiger partial charge >= 0.3 is 0 Å². The van der Waals surface area contributed by atoms with Crippen LogP contribution in [0.4, 0.5) is 5.69 Å². The van der Waals surface area contributed by atoms with Gasteiger partial charge in [0.2, 0.25) is 4.96 Å². The van der Waals surface area contributed by atoms with Crippen LogP contribution in [-0.4, -0.2) is 25.7 Å². The molecular formula is C18H14ClN5OS. The van der Waals surface area contributed by atoms with Gasteiger partial charge in [0.25, 0.3) is 5.91 Å². The highest BCUT2D eigenvalue weighted by atomic mass is 35.5. The monoisotopic (exact) mass is 383 g/mol. The van der Waals surface area contributed by atoms with Gasteiger partial charge in [-0.05, 0) is 55.8 Å². The van der Waals surface area contributed by atoms with Crippen molar-refractivity contribution in [3.8, 4) is 10.6 Å². The van der Waals surface area contributed by atoms with Gasteiger partial charge < -0.3 is 5.32 Å². The van der Waals surface area contributed by atoms with E-state index in [4.69, 9.17) is 11.6 Å². The van der Waals surface area contributed by atoms with Crippen LogP contribution in [0.15, 0.2) is 42.5 Å². The summed E-state index contributed by atoms with van der Waals surface area (Å²) in [6.45, 7) is 3.81. The molecule has 0 spiro atoms. The fourth-order valence-corrected chi connectivity index (χ4v) is 3.66. The summed E-state index contributed by atoms with van der Waals surface area (Å²) in [6.07, 6.45) is 0. The molecule has 26 heavy (non-hydrogen) atoms. The number of carbonyl (C=O) groups excluding carboxylic acids is 1. The second-order valence-electron chi connectivity index (χ2n) is 5.84. The molecule has 0 aliphatic carbocycles. The van der Waals surface area contributed by atoms with Crippen molar-refractivity contribution in [3.05, 3.63) is 64.4 Å². The molecule has 6 nitrogen and oxygen atoms in total. The molecule has 0 aliphatic rings. The third-order valence-electron chi connectivity index (χ3n) is 3.96. The number of benzene rings is 2. The second kappa shape index (κ2) is 6.51. The van der Waals surface area contributed by atoms with E-state index in [9.17, 15) is 4.79 Å². The van der Waals surface area contributed by atoms with E-state index in [2.05, 4.69) is 20.6 Å². The maximum Gasteiger partial charge on any atom is 0.255 e. The van der Waals surface area contributed by atoms with Crippen LogP contribution in [0.3, 0.4) is 0 Å². The zero-order chi connectivity index (χ0) is 18.3. The predicted octanol–water partition coefficient (Wildman–Crippen LogP) is 4.38. The van der Waals surface area contributed by atoms with Gasteiger partial charge in [-0.15, -0.1) is 10.2 Å². The van der Waals surface area contributed by atoms with E-state index in [1.54, 1.807) is 28.8 Å². The lowest BCUT2D eigenvalue weighted by Crippen LogP contribution is -2.12. The number of hydrogen-bond acceptors (Lipinski definition) is 5. The van der Waals surface area contributed by atoms with Crippen LogP contribution >= 0.6 is 22.9 Å². The molecule has 0 saturated heterocycles. The predicted molar refractivity (Wildman–Crippen MR) is 103 cm³/mol. The molecular weight excluding hydrogens is 370 g/mol. The Bertz CT molecular complexity index is 1130. The highest BCUT2D eigenvalue weighted by molar-refractivity contribution is 7.19. The molecule has 2 aromatic carbocycles. The first-order valence-electron chi connectivity index (χ1n) is 7.88. The van der Waals surface area contributed by atoms with Gasteiger partial charge in [-0.3, -0.25) is 4.79 Å². The van der Waals surface area contributed by atoms with E-state index in [-0.39, 0.29) is 5.91 Å². The Morgan fingerprint density at radius 2 is 2.00 bits per heavy atom. The molecule has 0 aliphatic heterocycles. The van der Waals surface area contributed by atoms with Crippen molar-refractivity contribution in [2.24, 2.45) is 0 Å². The summed E-state index contributed by atoms with van der Waals surface area (Å²) >= 11 is 7.42. The molecule has 1 amide bonds. The molecule has 2 heterocycles. The molecule has 0 saturated carbocycles. The van der Waals surface area contributed by atoms with Crippen molar-refractivity contribution >= 4 is 39.5 Å². The molecule has 4 aromatic rings. The Morgan fingerprint density at radius 3 is 2.73 bits per heavy atom. The molecule has 0 unspecified atom stereocenters. The van der Waals surface area contributed by atoms with Gasteiger partial charge in [-0.2, -0.15) is 9.61 Å². The van der Waals surface area contributed by atoms with Crippen molar-refractivity contribution in [1.29, 1.82) is 0 Å². The van der Waals surface area contributed by atoms with Gasteiger partial charge in [0.1, 0.15) is 5.01 Å². The van der Waals surface area contributed by atoms with Crippen LogP contribution in [0.25, 0.3) is 15.5 Å². The first-order chi connectivity index (χ1) is 12.5. The Kier molecular flexibility index (Phi) is 4.18. The standard InChI is InChI=1S/C18H14ClN5OS/c1-10-8-13(17-23-24-11(2)21-22-18(24)26-17)6-7-15(10)20-16(25)12-4-3-5-14(19)9-12/h3-9H,1-2H3,(H,20,25). The number of aromatic nitrogens is 4. The van der Waals surface area contributed by atoms with Crippen LogP contribution < -0.4 is 5.32 Å². The summed E-state index contributed by atoms with van der Waals surface area (Å²) in [4.78, 5) is 13.2. The summed E-state index contributed by atoms with van der Waals surface area (Å²) < 4.78 is 1.73. The minimum absolute atomic E-state index is 0.197. The van der Waals surface area contributed by atoms with Gasteiger partial charge in [-0.25, -0.2) is 0 Å². The molecule has 0 radical (unpaired) electrons. The fourth-order valence-electron chi connectivity index (χ4n) is 2.59. The average molecular weight is 384 g/mol. The Balaban J connectivity index is 1.60. The number of nitrogens with one attached hydrogen (secondary N) is 1. The van der Waals surface area contributed by atoms with Crippen LogP contribution in [0.5, 0.6) is 0 Å². The quantitative estimate of drug-likeness (QED) is 0.570. The smallest absolute Gasteiger partial charge is 0.255 e. The molecule has 4 rings (SSSR count). The molecule has 8 heteroatoms. The third-order valence-corrected chi connectivity index (χ3v) is 5.14. The van der Waals surface area contributed by atoms with Crippen LogP contribution in [0.1, 0.15) is 21.7 Å². The third kappa shape index (κ3) is 3.07. The maximum atomic E-state index is 12.4. The van der Waals surface area contributed by atoms with Gasteiger partial charge in [-0.1, -0.05) is 29.0 Å². The summed E-state index contributed by atoms with van der Waals surface area (Å²) in [6, 6.07) is 12.7. The Labute approximate surface area is 158 Å². The van der Waals surface area contributed by atoms with Crippen molar-refractivity contribution < 1.29 is 4.79 Å². The van der Waals surface area contributed by atoms with E-state index < -0.39 is 0 Å². The normalized spacial score (nSPS) is 11.0. The highest BCUT2D eigenvalue weighted by Gasteiger charge is 2.13. The second-order valence-corrected chi connectivity index (χ2v) is 7.24. The number of aryl methyl sites for hydroxylation is 2. The average Bonchev–Trinajstić information content (AvgIpc) is 3.19. The zero-order valence-corrected chi connectivity index (χ0v) is 15.6. The van der Waals surface area contributed by atoms with Gasteiger partial charge in [0.15, 0.2) is 5.82 Å². The van der Waals surface area contributed by atoms with Crippen LogP contribution in [0.2, 0.25) is 5.02 Å². The summed E-state index contributed by atoms with van der Waals surface area (Å²) in [5, 5.41) is 16.9. The minimum atomic E-state index is -0.197. The van der Waals surface area contributed by atoms with E-state index >= 15 is 0 Å². The summed E-state index contributed by atoms with van der Waals surface area (Å²) in [7, 11) is 0. The van der Waals surface area contributed by atoms with Gasteiger partial charge in [0.05, 0.1) is 0 Å².